The van der Waals surface area contributed by atoms with E-state index in [4.69, 9.17) is 0 Å². The third kappa shape index (κ3) is 6.26. The van der Waals surface area contributed by atoms with Crippen molar-refractivity contribution in [2.75, 3.05) is 6.54 Å². The highest BCUT2D eigenvalue weighted by atomic mass is 32.2. The van der Waals surface area contributed by atoms with Crippen LogP contribution in [0.2, 0.25) is 0 Å². The van der Waals surface area contributed by atoms with E-state index in [1.54, 1.807) is 13.8 Å². The van der Waals surface area contributed by atoms with E-state index in [9.17, 15) is 30.8 Å². The molecule has 0 aliphatic carbocycles. The van der Waals surface area contributed by atoms with Crippen molar-refractivity contribution >= 4 is 15.9 Å². The van der Waals surface area contributed by atoms with Crippen LogP contribution in [0.5, 0.6) is 0 Å². The lowest BCUT2D eigenvalue weighted by Crippen LogP contribution is -2.42. The molecule has 0 fully saturated rings. The number of carbonyl (C=O) groups is 1. The minimum atomic E-state index is -4.72. The fourth-order valence-electron chi connectivity index (χ4n) is 2.53. The van der Waals surface area contributed by atoms with Gasteiger partial charge in [-0.05, 0) is 49.7 Å². The predicted octanol–water partition coefficient (Wildman–Crippen LogP) is 3.56. The van der Waals surface area contributed by atoms with E-state index in [0.717, 1.165) is 34.6 Å². The van der Waals surface area contributed by atoms with Gasteiger partial charge in [-0.25, -0.2) is 12.8 Å². The standard InChI is InChI=1S/C19H20F4N2O3S/c1-13(2)24-18(26)12-25(11-14-6-8-16(20)9-7-14)29(27,28)17-5-3-4-15(10-17)19(21,22)23/h3-10,13H,11-12H2,1-2H3,(H,24,26). The first kappa shape index (κ1) is 22.8. The monoisotopic (exact) mass is 432 g/mol. The third-order valence-electron chi connectivity index (χ3n) is 3.84. The molecule has 0 bridgehead atoms. The predicted molar refractivity (Wildman–Crippen MR) is 98.7 cm³/mol. The minimum absolute atomic E-state index is 0.258. The SMILES string of the molecule is CC(C)NC(=O)CN(Cc1ccc(F)cc1)S(=O)(=O)c1cccc(C(F)(F)F)c1. The summed E-state index contributed by atoms with van der Waals surface area (Å²) >= 11 is 0. The van der Waals surface area contributed by atoms with Crippen molar-refractivity contribution in [1.82, 2.24) is 9.62 Å². The lowest BCUT2D eigenvalue weighted by atomic mass is 10.2. The Hall–Kier alpha value is -2.46. The Balaban J connectivity index is 2.42. The summed E-state index contributed by atoms with van der Waals surface area (Å²) in [5, 5.41) is 2.54. The number of nitrogens with one attached hydrogen (secondary N) is 1. The van der Waals surface area contributed by atoms with E-state index >= 15 is 0 Å². The molecule has 158 valence electrons. The largest absolute Gasteiger partial charge is 0.416 e. The van der Waals surface area contributed by atoms with Crippen molar-refractivity contribution in [2.45, 2.75) is 37.5 Å². The van der Waals surface area contributed by atoms with Crippen LogP contribution < -0.4 is 5.32 Å². The second-order valence-corrected chi connectivity index (χ2v) is 8.59. The minimum Gasteiger partial charge on any atom is -0.353 e. The van der Waals surface area contributed by atoms with E-state index in [-0.39, 0.29) is 12.6 Å². The highest BCUT2D eigenvalue weighted by Gasteiger charge is 2.33. The van der Waals surface area contributed by atoms with Crippen LogP contribution in [0.25, 0.3) is 0 Å². The van der Waals surface area contributed by atoms with Gasteiger partial charge in [0.25, 0.3) is 0 Å². The van der Waals surface area contributed by atoms with Crippen molar-refractivity contribution < 1.29 is 30.8 Å². The van der Waals surface area contributed by atoms with Gasteiger partial charge in [-0.3, -0.25) is 4.79 Å². The van der Waals surface area contributed by atoms with E-state index in [2.05, 4.69) is 5.32 Å². The fourth-order valence-corrected chi connectivity index (χ4v) is 3.96. The number of alkyl halides is 3. The Bertz CT molecular complexity index is 958. The van der Waals surface area contributed by atoms with Gasteiger partial charge in [0, 0.05) is 12.6 Å². The lowest BCUT2D eigenvalue weighted by Gasteiger charge is -2.23. The Kier molecular flexibility index (Phi) is 7.02. The van der Waals surface area contributed by atoms with Crippen molar-refractivity contribution in [3.05, 3.63) is 65.5 Å². The Labute approximate surface area is 166 Å². The maximum atomic E-state index is 13.1. The number of hydrogen-bond acceptors (Lipinski definition) is 3. The van der Waals surface area contributed by atoms with Crippen molar-refractivity contribution in [3.8, 4) is 0 Å². The smallest absolute Gasteiger partial charge is 0.353 e. The molecule has 5 nitrogen and oxygen atoms in total. The molecule has 0 saturated carbocycles. The van der Waals surface area contributed by atoms with Gasteiger partial charge in [0.1, 0.15) is 5.82 Å². The molecule has 10 heteroatoms. The molecule has 2 aromatic rings. The molecule has 0 atom stereocenters. The van der Waals surface area contributed by atoms with Gasteiger partial charge in [0.05, 0.1) is 17.0 Å². The van der Waals surface area contributed by atoms with Crippen LogP contribution in [0.15, 0.2) is 53.4 Å². The zero-order chi connectivity index (χ0) is 21.8. The molecule has 0 saturated heterocycles. The quantitative estimate of drug-likeness (QED) is 0.681. The van der Waals surface area contributed by atoms with Gasteiger partial charge in [-0.1, -0.05) is 18.2 Å². The molecule has 0 aromatic heterocycles. The van der Waals surface area contributed by atoms with Crippen LogP contribution in [0.3, 0.4) is 0 Å². The Morgan fingerprint density at radius 1 is 1.10 bits per heavy atom. The molecule has 0 radical (unpaired) electrons. The number of benzene rings is 2. The lowest BCUT2D eigenvalue weighted by molar-refractivity contribution is -0.137. The number of amides is 1. The molecule has 0 aliphatic heterocycles. The molecule has 0 aliphatic rings. The third-order valence-corrected chi connectivity index (χ3v) is 5.63. The van der Waals surface area contributed by atoms with E-state index in [1.807, 2.05) is 0 Å². The first-order valence-corrected chi connectivity index (χ1v) is 10.0. The number of carbonyl (C=O) groups excluding carboxylic acids is 1. The molecule has 0 unspecified atom stereocenters. The van der Waals surface area contributed by atoms with E-state index in [0.29, 0.717) is 11.6 Å². The van der Waals surface area contributed by atoms with Gasteiger partial charge in [-0.2, -0.15) is 17.5 Å². The number of halogens is 4. The van der Waals surface area contributed by atoms with Crippen LogP contribution in [0, 0.1) is 5.82 Å². The van der Waals surface area contributed by atoms with Gasteiger partial charge in [-0.15, -0.1) is 0 Å². The summed E-state index contributed by atoms with van der Waals surface area (Å²) in [5.74, 6) is -1.14. The first-order valence-electron chi connectivity index (χ1n) is 8.61. The van der Waals surface area contributed by atoms with Crippen LogP contribution in [-0.2, 0) is 27.5 Å². The molecular formula is C19H20F4N2O3S. The second-order valence-electron chi connectivity index (χ2n) is 6.65. The normalized spacial score (nSPS) is 12.4. The molecule has 1 N–H and O–H groups in total. The molecular weight excluding hydrogens is 412 g/mol. The van der Waals surface area contributed by atoms with Crippen molar-refractivity contribution in [3.63, 3.8) is 0 Å². The molecule has 1 amide bonds. The van der Waals surface area contributed by atoms with Crippen molar-refractivity contribution in [2.24, 2.45) is 0 Å². The van der Waals surface area contributed by atoms with Crippen LogP contribution >= 0.6 is 0 Å². The topological polar surface area (TPSA) is 66.5 Å². The zero-order valence-electron chi connectivity index (χ0n) is 15.7. The average molecular weight is 432 g/mol. The van der Waals surface area contributed by atoms with Gasteiger partial charge >= 0.3 is 6.18 Å². The number of nitrogens with zero attached hydrogens (tertiary/aromatic N) is 1. The van der Waals surface area contributed by atoms with Gasteiger partial charge in [0.15, 0.2) is 0 Å². The van der Waals surface area contributed by atoms with Gasteiger partial charge < -0.3 is 5.32 Å². The molecule has 0 spiro atoms. The molecule has 0 heterocycles. The Morgan fingerprint density at radius 2 is 1.72 bits per heavy atom. The van der Waals surface area contributed by atoms with E-state index < -0.39 is 44.9 Å². The molecule has 29 heavy (non-hydrogen) atoms. The summed E-state index contributed by atoms with van der Waals surface area (Å²) in [4.78, 5) is 11.6. The summed E-state index contributed by atoms with van der Waals surface area (Å²) in [7, 11) is -4.44. The zero-order valence-corrected chi connectivity index (χ0v) is 16.5. The second kappa shape index (κ2) is 8.91. The average Bonchev–Trinajstić information content (AvgIpc) is 2.61. The number of sulfonamides is 1. The fraction of sp³-hybridized carbons (Fsp3) is 0.316. The highest BCUT2D eigenvalue weighted by molar-refractivity contribution is 7.89. The van der Waals surface area contributed by atoms with Gasteiger partial charge in [0.2, 0.25) is 15.9 Å². The number of hydrogen-bond donors (Lipinski definition) is 1. The maximum absolute atomic E-state index is 13.1. The van der Waals surface area contributed by atoms with Crippen molar-refractivity contribution in [1.29, 1.82) is 0 Å². The van der Waals surface area contributed by atoms with E-state index in [1.165, 1.54) is 12.1 Å². The van der Waals surface area contributed by atoms with Crippen LogP contribution in [0.4, 0.5) is 17.6 Å². The Morgan fingerprint density at radius 3 is 2.28 bits per heavy atom. The summed E-state index contributed by atoms with van der Waals surface area (Å²) in [6, 6.07) is 7.96. The summed E-state index contributed by atoms with van der Waals surface area (Å²) in [5.41, 5.74) is -0.744. The van der Waals surface area contributed by atoms with Crippen LogP contribution in [-0.4, -0.2) is 31.2 Å². The first-order chi connectivity index (χ1) is 13.4. The molecule has 2 rings (SSSR count). The summed E-state index contributed by atoms with van der Waals surface area (Å²) in [6.07, 6.45) is -4.72. The maximum Gasteiger partial charge on any atom is 0.416 e. The number of rotatable bonds is 7. The summed E-state index contributed by atoms with van der Waals surface area (Å²) in [6.45, 7) is 2.45. The summed E-state index contributed by atoms with van der Waals surface area (Å²) < 4.78 is 78.9. The highest BCUT2D eigenvalue weighted by Crippen LogP contribution is 2.31. The van der Waals surface area contributed by atoms with Crippen LogP contribution in [0.1, 0.15) is 25.0 Å². The molecule has 2 aromatic carbocycles.